The van der Waals surface area contributed by atoms with Gasteiger partial charge in [-0.1, -0.05) is 22.9 Å². The molecule has 2 aromatic rings. The van der Waals surface area contributed by atoms with Gasteiger partial charge in [0.2, 0.25) is 0 Å². The van der Waals surface area contributed by atoms with Crippen LogP contribution in [0.4, 0.5) is 24.0 Å². The Kier molecular flexibility index (Phi) is 4.11. The minimum Gasteiger partial charge on any atom is -0.375 e. The van der Waals surface area contributed by atoms with Gasteiger partial charge in [-0.2, -0.15) is 13.2 Å². The van der Waals surface area contributed by atoms with E-state index in [4.69, 9.17) is 17.3 Å². The lowest BCUT2D eigenvalue weighted by atomic mass is 10.1. The van der Waals surface area contributed by atoms with Gasteiger partial charge in [0.15, 0.2) is 5.13 Å². The largest absolute Gasteiger partial charge is 0.416 e. The van der Waals surface area contributed by atoms with Gasteiger partial charge in [-0.3, -0.25) is 4.79 Å². The maximum absolute atomic E-state index is 12.8. The number of nitrogens with two attached hydrogens (primary N) is 1. The Morgan fingerprint density at radius 3 is 2.62 bits per heavy atom. The fraction of sp³-hybridized carbons (Fsp3) is 0.167. The van der Waals surface area contributed by atoms with E-state index < -0.39 is 17.6 Å². The molecule has 0 unspecified atom stereocenters. The quantitative estimate of drug-likeness (QED) is 0.873. The number of hydrogen-bond donors (Lipinski definition) is 2. The summed E-state index contributed by atoms with van der Waals surface area (Å²) in [6.07, 6.45) is -3.29. The topological polar surface area (TPSA) is 68.0 Å². The Labute approximate surface area is 126 Å². The van der Waals surface area contributed by atoms with Crippen molar-refractivity contribution in [2.75, 3.05) is 11.1 Å². The molecule has 0 aliphatic rings. The molecule has 4 nitrogen and oxygen atoms in total. The Bertz CT molecular complexity index is 700. The third kappa shape index (κ3) is 3.45. The molecule has 21 heavy (non-hydrogen) atoms. The van der Waals surface area contributed by atoms with E-state index in [0.29, 0.717) is 0 Å². The van der Waals surface area contributed by atoms with Crippen LogP contribution in [0.25, 0.3) is 0 Å². The maximum atomic E-state index is 12.8. The number of carbonyl (C=O) groups excluding carboxylic acids is 1. The fourth-order valence-corrected chi connectivity index (χ4v) is 2.50. The molecule has 0 atom stereocenters. The highest BCUT2D eigenvalue weighted by molar-refractivity contribution is 7.17. The van der Waals surface area contributed by atoms with Crippen molar-refractivity contribution in [2.45, 2.75) is 13.1 Å². The Morgan fingerprint density at radius 1 is 1.43 bits per heavy atom. The summed E-state index contributed by atoms with van der Waals surface area (Å²) in [6.45, 7) is 1.30. The van der Waals surface area contributed by atoms with Crippen molar-refractivity contribution >= 4 is 39.7 Å². The molecule has 0 aliphatic carbocycles. The van der Waals surface area contributed by atoms with E-state index in [-0.39, 0.29) is 26.3 Å². The standard InChI is InChI=1S/C12H9ClF3N3OS/c1-5-2-7(13)8(3-6(5)12(14,15)16)19-10(20)9-4-18-11(17)21-9/h2-4H,1H3,(H2,17,18)(H,19,20). The molecule has 0 fully saturated rings. The zero-order valence-corrected chi connectivity index (χ0v) is 12.2. The number of hydrogen-bond acceptors (Lipinski definition) is 4. The number of benzene rings is 1. The number of carbonyl (C=O) groups is 1. The van der Waals surface area contributed by atoms with Gasteiger partial charge in [0.25, 0.3) is 5.91 Å². The molecule has 1 aromatic heterocycles. The van der Waals surface area contributed by atoms with Gasteiger partial charge in [0.05, 0.1) is 22.5 Å². The van der Waals surface area contributed by atoms with Crippen LogP contribution < -0.4 is 11.1 Å². The van der Waals surface area contributed by atoms with Gasteiger partial charge in [-0.05, 0) is 24.6 Å². The SMILES string of the molecule is Cc1cc(Cl)c(NC(=O)c2cnc(N)s2)cc1C(F)(F)F. The van der Waals surface area contributed by atoms with E-state index in [1.165, 1.54) is 13.1 Å². The van der Waals surface area contributed by atoms with Crippen molar-refractivity contribution in [3.8, 4) is 0 Å². The van der Waals surface area contributed by atoms with Crippen LogP contribution in [0.2, 0.25) is 5.02 Å². The van der Waals surface area contributed by atoms with Crippen LogP contribution >= 0.6 is 22.9 Å². The van der Waals surface area contributed by atoms with Crippen molar-refractivity contribution in [2.24, 2.45) is 0 Å². The summed E-state index contributed by atoms with van der Waals surface area (Å²) in [5.41, 5.74) is 4.40. The van der Waals surface area contributed by atoms with Crippen molar-refractivity contribution in [1.82, 2.24) is 4.98 Å². The Hall–Kier alpha value is -1.80. The molecule has 0 radical (unpaired) electrons. The minimum atomic E-state index is -4.52. The van der Waals surface area contributed by atoms with Crippen molar-refractivity contribution < 1.29 is 18.0 Å². The highest BCUT2D eigenvalue weighted by atomic mass is 35.5. The van der Waals surface area contributed by atoms with Crippen molar-refractivity contribution in [3.63, 3.8) is 0 Å². The van der Waals surface area contributed by atoms with Crippen LogP contribution in [0.3, 0.4) is 0 Å². The normalized spacial score (nSPS) is 11.5. The summed E-state index contributed by atoms with van der Waals surface area (Å²) in [5.74, 6) is -0.622. The highest BCUT2D eigenvalue weighted by Gasteiger charge is 2.33. The molecule has 2 rings (SSSR count). The van der Waals surface area contributed by atoms with Crippen LogP contribution in [0.1, 0.15) is 20.8 Å². The molecule has 0 spiro atoms. The second-order valence-electron chi connectivity index (χ2n) is 4.16. The van der Waals surface area contributed by atoms with Gasteiger partial charge in [0, 0.05) is 0 Å². The van der Waals surface area contributed by atoms with Crippen LogP contribution in [0, 0.1) is 6.92 Å². The summed E-state index contributed by atoms with van der Waals surface area (Å²) < 4.78 is 38.5. The number of aryl methyl sites for hydroxylation is 1. The van der Waals surface area contributed by atoms with Crippen LogP contribution in [0.15, 0.2) is 18.3 Å². The van der Waals surface area contributed by atoms with E-state index >= 15 is 0 Å². The first-order chi connectivity index (χ1) is 9.68. The van der Waals surface area contributed by atoms with Gasteiger partial charge in [-0.25, -0.2) is 4.98 Å². The van der Waals surface area contributed by atoms with E-state index in [1.807, 2.05) is 0 Å². The predicted molar refractivity (Wildman–Crippen MR) is 75.7 cm³/mol. The van der Waals surface area contributed by atoms with Gasteiger partial charge in [0.1, 0.15) is 4.88 Å². The predicted octanol–water partition coefficient (Wildman–Crippen LogP) is 3.96. The molecule has 1 aromatic carbocycles. The summed E-state index contributed by atoms with van der Waals surface area (Å²) in [4.78, 5) is 15.8. The highest BCUT2D eigenvalue weighted by Crippen LogP contribution is 2.36. The smallest absolute Gasteiger partial charge is 0.375 e. The number of amides is 1. The molecule has 9 heteroatoms. The van der Waals surface area contributed by atoms with E-state index in [9.17, 15) is 18.0 Å². The average Bonchev–Trinajstić information content (AvgIpc) is 2.77. The molecule has 1 heterocycles. The molecular formula is C12H9ClF3N3OS. The number of nitrogens with zero attached hydrogens (tertiary/aromatic N) is 1. The number of nitrogen functional groups attached to an aromatic ring is 1. The third-order valence-electron chi connectivity index (χ3n) is 2.62. The first-order valence-electron chi connectivity index (χ1n) is 5.58. The second kappa shape index (κ2) is 5.53. The van der Waals surface area contributed by atoms with Gasteiger partial charge < -0.3 is 11.1 Å². The maximum Gasteiger partial charge on any atom is 0.416 e. The first-order valence-corrected chi connectivity index (χ1v) is 6.78. The lowest BCUT2D eigenvalue weighted by Gasteiger charge is -2.14. The summed E-state index contributed by atoms with van der Waals surface area (Å²) in [5, 5.41) is 2.53. The fourth-order valence-electron chi connectivity index (χ4n) is 1.65. The lowest BCUT2D eigenvalue weighted by molar-refractivity contribution is -0.138. The Balaban J connectivity index is 2.34. The summed E-state index contributed by atoms with van der Waals surface area (Å²) in [7, 11) is 0. The summed E-state index contributed by atoms with van der Waals surface area (Å²) >= 11 is 6.79. The number of nitrogens with one attached hydrogen (secondary N) is 1. The number of halogens is 4. The van der Waals surface area contributed by atoms with E-state index in [0.717, 1.165) is 23.5 Å². The van der Waals surface area contributed by atoms with Crippen molar-refractivity contribution in [1.29, 1.82) is 0 Å². The van der Waals surface area contributed by atoms with Crippen molar-refractivity contribution in [3.05, 3.63) is 39.4 Å². The van der Waals surface area contributed by atoms with Crippen LogP contribution in [-0.4, -0.2) is 10.9 Å². The molecular weight excluding hydrogens is 327 g/mol. The molecule has 112 valence electrons. The number of anilines is 2. The molecule has 0 aliphatic heterocycles. The lowest BCUT2D eigenvalue weighted by Crippen LogP contribution is -2.13. The first kappa shape index (κ1) is 15.6. The second-order valence-corrected chi connectivity index (χ2v) is 5.63. The molecule has 0 saturated heterocycles. The van der Waals surface area contributed by atoms with E-state index in [1.54, 1.807) is 0 Å². The zero-order chi connectivity index (χ0) is 15.8. The van der Waals surface area contributed by atoms with Crippen LogP contribution in [0.5, 0.6) is 0 Å². The minimum absolute atomic E-state index is 0.0198. The summed E-state index contributed by atoms with van der Waals surface area (Å²) in [6, 6.07) is 1.96. The number of thiazole rings is 1. The number of rotatable bonds is 2. The average molecular weight is 336 g/mol. The van der Waals surface area contributed by atoms with Gasteiger partial charge in [-0.15, -0.1) is 0 Å². The Morgan fingerprint density at radius 2 is 2.10 bits per heavy atom. The zero-order valence-electron chi connectivity index (χ0n) is 10.6. The monoisotopic (exact) mass is 335 g/mol. The molecule has 1 amide bonds. The number of alkyl halides is 3. The molecule has 3 N–H and O–H groups in total. The number of aromatic nitrogens is 1. The third-order valence-corrected chi connectivity index (χ3v) is 3.75. The molecule has 0 bridgehead atoms. The van der Waals surface area contributed by atoms with Gasteiger partial charge >= 0.3 is 6.18 Å². The van der Waals surface area contributed by atoms with Crippen LogP contribution in [-0.2, 0) is 6.18 Å². The molecule has 0 saturated carbocycles. The van der Waals surface area contributed by atoms with E-state index in [2.05, 4.69) is 10.3 Å².